The molecule has 3 rings (SSSR count). The molecule has 1 aliphatic rings. The highest BCUT2D eigenvalue weighted by Gasteiger charge is 2.20. The zero-order chi connectivity index (χ0) is 16.1. The molecule has 0 aromatic carbocycles. The van der Waals surface area contributed by atoms with Crippen LogP contribution in [0, 0.1) is 0 Å². The molecule has 1 saturated heterocycles. The van der Waals surface area contributed by atoms with Gasteiger partial charge in [-0.2, -0.15) is 16.4 Å². The van der Waals surface area contributed by atoms with E-state index in [0.29, 0.717) is 0 Å². The van der Waals surface area contributed by atoms with Crippen LogP contribution in [0.25, 0.3) is 0 Å². The lowest BCUT2D eigenvalue weighted by Gasteiger charge is -2.21. The first-order chi connectivity index (χ1) is 11.3. The molecule has 1 amide bonds. The summed E-state index contributed by atoms with van der Waals surface area (Å²) in [6.45, 7) is 8.90. The van der Waals surface area contributed by atoms with E-state index in [0.717, 1.165) is 51.3 Å². The van der Waals surface area contributed by atoms with E-state index >= 15 is 0 Å². The van der Waals surface area contributed by atoms with Gasteiger partial charge in [0.2, 0.25) is 0 Å². The van der Waals surface area contributed by atoms with Gasteiger partial charge in [0.15, 0.2) is 0 Å². The molecule has 0 N–H and O–H groups in total. The molecule has 6 heteroatoms. The van der Waals surface area contributed by atoms with Crippen molar-refractivity contribution in [1.29, 1.82) is 0 Å². The van der Waals surface area contributed by atoms with E-state index in [1.165, 1.54) is 5.56 Å². The zero-order valence-corrected chi connectivity index (χ0v) is 14.0. The van der Waals surface area contributed by atoms with Gasteiger partial charge in [-0.3, -0.25) is 14.4 Å². The second-order valence-corrected chi connectivity index (χ2v) is 6.57. The van der Waals surface area contributed by atoms with Gasteiger partial charge in [-0.05, 0) is 17.9 Å². The molecule has 23 heavy (non-hydrogen) atoms. The fraction of sp³-hybridized carbons (Fsp3) is 0.412. The third kappa shape index (κ3) is 4.09. The molecule has 5 nitrogen and oxygen atoms in total. The Kier molecular flexibility index (Phi) is 5.25. The lowest BCUT2D eigenvalue weighted by molar-refractivity contribution is 0.0761. The number of rotatable bonds is 5. The molecule has 0 aliphatic carbocycles. The predicted molar refractivity (Wildman–Crippen MR) is 92.5 cm³/mol. The van der Waals surface area contributed by atoms with Gasteiger partial charge in [0.05, 0.1) is 18.3 Å². The zero-order valence-electron chi connectivity index (χ0n) is 13.2. The first-order valence-corrected chi connectivity index (χ1v) is 8.86. The second kappa shape index (κ2) is 7.57. The van der Waals surface area contributed by atoms with Crippen molar-refractivity contribution < 1.29 is 4.79 Å². The quantitative estimate of drug-likeness (QED) is 0.791. The minimum absolute atomic E-state index is 0.159. The minimum atomic E-state index is 0.159. The monoisotopic (exact) mass is 330 g/mol. The summed E-state index contributed by atoms with van der Waals surface area (Å²) in [5.41, 5.74) is 2.03. The van der Waals surface area contributed by atoms with Gasteiger partial charge in [0, 0.05) is 49.9 Å². The second-order valence-electron chi connectivity index (χ2n) is 5.79. The number of carbonyl (C=O) groups is 1. The Labute approximate surface area is 140 Å². The van der Waals surface area contributed by atoms with Crippen molar-refractivity contribution in [3.05, 3.63) is 53.0 Å². The van der Waals surface area contributed by atoms with E-state index in [9.17, 15) is 4.79 Å². The van der Waals surface area contributed by atoms with Crippen LogP contribution in [0.3, 0.4) is 0 Å². The van der Waals surface area contributed by atoms with Crippen LogP contribution in [-0.4, -0.2) is 51.7 Å². The summed E-state index contributed by atoms with van der Waals surface area (Å²) in [6, 6.07) is 1.91. The van der Waals surface area contributed by atoms with Gasteiger partial charge < -0.3 is 4.90 Å². The number of hydrogen-bond donors (Lipinski definition) is 0. The van der Waals surface area contributed by atoms with Crippen LogP contribution < -0.4 is 0 Å². The third-order valence-electron chi connectivity index (χ3n) is 4.05. The average molecular weight is 330 g/mol. The van der Waals surface area contributed by atoms with Crippen LogP contribution >= 0.6 is 11.3 Å². The van der Waals surface area contributed by atoms with Crippen molar-refractivity contribution in [3.63, 3.8) is 0 Å². The van der Waals surface area contributed by atoms with Crippen molar-refractivity contribution in [1.82, 2.24) is 19.6 Å². The molecule has 0 radical (unpaired) electrons. The maximum atomic E-state index is 12.4. The molecule has 1 fully saturated rings. The average Bonchev–Trinajstić information content (AvgIpc) is 3.17. The Morgan fingerprint density at radius 2 is 2.26 bits per heavy atom. The smallest absolute Gasteiger partial charge is 0.254 e. The number of hydrogen-bond acceptors (Lipinski definition) is 4. The number of aromatic nitrogens is 2. The number of amides is 1. The summed E-state index contributed by atoms with van der Waals surface area (Å²) in [4.78, 5) is 16.8. The van der Waals surface area contributed by atoms with Gasteiger partial charge in [0.1, 0.15) is 0 Å². The van der Waals surface area contributed by atoms with Crippen LogP contribution in [0.2, 0.25) is 0 Å². The van der Waals surface area contributed by atoms with E-state index < -0.39 is 0 Å². The number of carbonyl (C=O) groups excluding carboxylic acids is 1. The lowest BCUT2D eigenvalue weighted by Crippen LogP contribution is -2.34. The molecule has 2 aromatic rings. The van der Waals surface area contributed by atoms with E-state index in [2.05, 4.69) is 22.8 Å². The third-order valence-corrected chi connectivity index (χ3v) is 4.74. The molecular formula is C17H22N4OS. The van der Waals surface area contributed by atoms with E-state index in [-0.39, 0.29) is 5.91 Å². The number of thiophene rings is 1. The Morgan fingerprint density at radius 3 is 3.04 bits per heavy atom. The summed E-state index contributed by atoms with van der Waals surface area (Å²) in [5, 5.41) is 8.21. The highest BCUT2D eigenvalue weighted by Crippen LogP contribution is 2.13. The summed E-state index contributed by atoms with van der Waals surface area (Å²) < 4.78 is 1.90. The predicted octanol–water partition coefficient (Wildman–Crippen LogP) is 2.48. The Balaban J connectivity index is 1.55. The van der Waals surface area contributed by atoms with Gasteiger partial charge in [0.25, 0.3) is 5.91 Å². The summed E-state index contributed by atoms with van der Waals surface area (Å²) >= 11 is 1.57. The summed E-state index contributed by atoms with van der Waals surface area (Å²) in [6.07, 6.45) is 6.84. The molecule has 0 spiro atoms. The van der Waals surface area contributed by atoms with Crippen LogP contribution in [0.1, 0.15) is 22.3 Å². The largest absolute Gasteiger partial charge is 0.337 e. The molecule has 2 aromatic heterocycles. The lowest BCUT2D eigenvalue weighted by atomic mass is 10.3. The van der Waals surface area contributed by atoms with E-state index in [1.54, 1.807) is 11.3 Å². The van der Waals surface area contributed by atoms with Gasteiger partial charge >= 0.3 is 0 Å². The van der Waals surface area contributed by atoms with Crippen molar-refractivity contribution in [3.8, 4) is 0 Å². The van der Waals surface area contributed by atoms with Crippen molar-refractivity contribution >= 4 is 17.2 Å². The molecule has 3 heterocycles. The highest BCUT2D eigenvalue weighted by molar-refractivity contribution is 7.08. The molecule has 0 saturated carbocycles. The maximum absolute atomic E-state index is 12.4. The standard InChI is InChI=1S/C17H22N4OS/c1-2-5-21-13-15(11-18-21)12-19-6-3-7-20(9-8-19)17(22)16-4-10-23-14-16/h2,4,10-11,13-14H,1,3,5-9,12H2. The number of allylic oxidation sites excluding steroid dienone is 1. The summed E-state index contributed by atoms with van der Waals surface area (Å²) in [7, 11) is 0. The van der Waals surface area contributed by atoms with Crippen molar-refractivity contribution in [2.45, 2.75) is 19.5 Å². The Morgan fingerprint density at radius 1 is 1.35 bits per heavy atom. The molecule has 0 unspecified atom stereocenters. The molecule has 122 valence electrons. The maximum Gasteiger partial charge on any atom is 0.254 e. The Hall–Kier alpha value is -1.92. The summed E-state index contributed by atoms with van der Waals surface area (Å²) in [5.74, 6) is 0.159. The normalized spacial score (nSPS) is 16.3. The van der Waals surface area contributed by atoms with E-state index in [4.69, 9.17) is 0 Å². The van der Waals surface area contributed by atoms with Gasteiger partial charge in [-0.15, -0.1) is 6.58 Å². The van der Waals surface area contributed by atoms with Crippen LogP contribution in [0.15, 0.2) is 41.9 Å². The van der Waals surface area contributed by atoms with Crippen molar-refractivity contribution in [2.75, 3.05) is 26.2 Å². The molecule has 1 aliphatic heterocycles. The highest BCUT2D eigenvalue weighted by atomic mass is 32.1. The molecule has 0 bridgehead atoms. The SMILES string of the molecule is C=CCn1cc(CN2CCCN(C(=O)c3ccsc3)CC2)cn1. The van der Waals surface area contributed by atoms with Crippen LogP contribution in [-0.2, 0) is 13.1 Å². The first kappa shape index (κ1) is 16.0. The van der Waals surface area contributed by atoms with Crippen LogP contribution in [0.4, 0.5) is 0 Å². The number of nitrogens with zero attached hydrogens (tertiary/aromatic N) is 4. The van der Waals surface area contributed by atoms with E-state index in [1.807, 2.05) is 38.7 Å². The topological polar surface area (TPSA) is 41.4 Å². The van der Waals surface area contributed by atoms with Crippen LogP contribution in [0.5, 0.6) is 0 Å². The van der Waals surface area contributed by atoms with Crippen molar-refractivity contribution in [2.24, 2.45) is 0 Å². The Bertz CT molecular complexity index is 649. The van der Waals surface area contributed by atoms with Gasteiger partial charge in [-0.1, -0.05) is 6.08 Å². The molecule has 0 atom stereocenters. The van der Waals surface area contributed by atoms with Gasteiger partial charge in [-0.25, -0.2) is 0 Å². The molecular weight excluding hydrogens is 308 g/mol. The fourth-order valence-electron chi connectivity index (χ4n) is 2.88. The fourth-order valence-corrected chi connectivity index (χ4v) is 3.51. The minimum Gasteiger partial charge on any atom is -0.337 e. The first-order valence-electron chi connectivity index (χ1n) is 7.92.